The highest BCUT2D eigenvalue weighted by Gasteiger charge is 2.09. The van der Waals surface area contributed by atoms with Crippen molar-refractivity contribution in [2.24, 2.45) is 0 Å². The maximum atomic E-state index is 12.1. The van der Waals surface area contributed by atoms with Crippen LogP contribution >= 0.6 is 22.7 Å². The summed E-state index contributed by atoms with van der Waals surface area (Å²) >= 11 is 3.00. The van der Waals surface area contributed by atoms with Gasteiger partial charge in [0.05, 0.1) is 0 Å². The van der Waals surface area contributed by atoms with Crippen LogP contribution in [0.25, 0.3) is 0 Å². The lowest BCUT2D eigenvalue weighted by Crippen LogP contribution is -2.11. The van der Waals surface area contributed by atoms with Gasteiger partial charge in [-0.25, -0.2) is 0 Å². The van der Waals surface area contributed by atoms with Gasteiger partial charge in [-0.05, 0) is 42.6 Å². The molecule has 112 valence electrons. The van der Waals surface area contributed by atoms with Crippen LogP contribution in [0.3, 0.4) is 0 Å². The molecule has 2 aromatic heterocycles. The lowest BCUT2D eigenvalue weighted by molar-refractivity contribution is 0.102. The first-order valence-electron chi connectivity index (χ1n) is 6.57. The van der Waals surface area contributed by atoms with E-state index in [-0.39, 0.29) is 5.91 Å². The number of anilines is 1. The number of hydrogen-bond donors (Lipinski definition) is 1. The minimum Gasteiger partial charge on any atom is -0.488 e. The van der Waals surface area contributed by atoms with Crippen molar-refractivity contribution in [2.75, 3.05) is 5.32 Å². The number of benzene rings is 1. The molecule has 0 aliphatic rings. The monoisotopic (exact) mass is 331 g/mol. The van der Waals surface area contributed by atoms with E-state index in [1.807, 2.05) is 24.4 Å². The van der Waals surface area contributed by atoms with Crippen LogP contribution < -0.4 is 10.1 Å². The van der Waals surface area contributed by atoms with Crippen LogP contribution in [0.15, 0.2) is 41.8 Å². The van der Waals surface area contributed by atoms with Gasteiger partial charge in [0.1, 0.15) is 17.4 Å². The SMILES string of the molecule is Cc1nnc(NC(=O)c2ccc(OCc3cccs3)cc2)s1. The summed E-state index contributed by atoms with van der Waals surface area (Å²) in [6.45, 7) is 2.38. The molecule has 0 bridgehead atoms. The Morgan fingerprint density at radius 2 is 2.05 bits per heavy atom. The second kappa shape index (κ2) is 6.67. The van der Waals surface area contributed by atoms with Gasteiger partial charge >= 0.3 is 0 Å². The highest BCUT2D eigenvalue weighted by Crippen LogP contribution is 2.18. The molecule has 0 aliphatic heterocycles. The van der Waals surface area contributed by atoms with Gasteiger partial charge in [-0.3, -0.25) is 10.1 Å². The average molecular weight is 331 g/mol. The quantitative estimate of drug-likeness (QED) is 0.773. The van der Waals surface area contributed by atoms with Crippen LogP contribution in [-0.2, 0) is 6.61 Å². The molecule has 0 atom stereocenters. The number of rotatable bonds is 5. The molecule has 5 nitrogen and oxygen atoms in total. The van der Waals surface area contributed by atoms with Crippen molar-refractivity contribution < 1.29 is 9.53 Å². The molecule has 7 heteroatoms. The summed E-state index contributed by atoms with van der Waals surface area (Å²) in [6.07, 6.45) is 0. The van der Waals surface area contributed by atoms with Crippen molar-refractivity contribution >= 4 is 33.7 Å². The van der Waals surface area contributed by atoms with Gasteiger partial charge < -0.3 is 4.74 Å². The largest absolute Gasteiger partial charge is 0.488 e. The predicted octanol–water partition coefficient (Wildman–Crippen LogP) is 3.74. The molecule has 3 aromatic rings. The van der Waals surface area contributed by atoms with Crippen molar-refractivity contribution in [3.63, 3.8) is 0 Å². The number of aromatic nitrogens is 2. The van der Waals surface area contributed by atoms with Gasteiger partial charge in [-0.2, -0.15) is 0 Å². The standard InChI is InChI=1S/C15H13N3O2S2/c1-10-17-18-15(22-10)16-14(19)11-4-6-12(7-5-11)20-9-13-3-2-8-21-13/h2-8H,9H2,1H3,(H,16,18,19). The van der Waals surface area contributed by atoms with Gasteiger partial charge in [0.2, 0.25) is 5.13 Å². The van der Waals surface area contributed by atoms with Gasteiger partial charge in [0, 0.05) is 10.4 Å². The van der Waals surface area contributed by atoms with Crippen LogP contribution in [0, 0.1) is 6.92 Å². The summed E-state index contributed by atoms with van der Waals surface area (Å²) in [5.41, 5.74) is 0.552. The zero-order valence-electron chi connectivity index (χ0n) is 11.8. The fourth-order valence-electron chi connectivity index (χ4n) is 1.77. The van der Waals surface area contributed by atoms with Crippen LogP contribution in [-0.4, -0.2) is 16.1 Å². The van der Waals surface area contributed by atoms with Crippen molar-refractivity contribution in [1.29, 1.82) is 0 Å². The summed E-state index contributed by atoms with van der Waals surface area (Å²) in [7, 11) is 0. The third kappa shape index (κ3) is 3.69. The third-order valence-electron chi connectivity index (χ3n) is 2.82. The number of hydrogen-bond acceptors (Lipinski definition) is 6. The molecule has 2 heterocycles. The van der Waals surface area contributed by atoms with Crippen LogP contribution in [0.1, 0.15) is 20.2 Å². The first-order chi connectivity index (χ1) is 10.7. The average Bonchev–Trinajstić information content (AvgIpc) is 3.17. The number of carbonyl (C=O) groups is 1. The van der Waals surface area contributed by atoms with E-state index >= 15 is 0 Å². The van der Waals surface area contributed by atoms with E-state index in [1.54, 1.807) is 35.6 Å². The van der Waals surface area contributed by atoms with Gasteiger partial charge in [-0.15, -0.1) is 21.5 Å². The molecule has 22 heavy (non-hydrogen) atoms. The van der Waals surface area contributed by atoms with Crippen LogP contribution in [0.2, 0.25) is 0 Å². The Bertz CT molecular complexity index is 751. The van der Waals surface area contributed by atoms with Crippen molar-refractivity contribution in [2.45, 2.75) is 13.5 Å². The predicted molar refractivity (Wildman–Crippen MR) is 87.7 cm³/mol. The highest BCUT2D eigenvalue weighted by atomic mass is 32.1. The van der Waals surface area contributed by atoms with E-state index in [2.05, 4.69) is 15.5 Å². The van der Waals surface area contributed by atoms with E-state index < -0.39 is 0 Å². The van der Waals surface area contributed by atoms with E-state index in [4.69, 9.17) is 4.74 Å². The van der Waals surface area contributed by atoms with Crippen LogP contribution in [0.4, 0.5) is 5.13 Å². The second-order valence-corrected chi connectivity index (χ2v) is 6.69. The lowest BCUT2D eigenvalue weighted by atomic mass is 10.2. The summed E-state index contributed by atoms with van der Waals surface area (Å²) in [6, 6.07) is 11.0. The van der Waals surface area contributed by atoms with Crippen molar-refractivity contribution in [3.05, 3.63) is 57.2 Å². The van der Waals surface area contributed by atoms with E-state index in [9.17, 15) is 4.79 Å². The molecule has 0 unspecified atom stereocenters. The number of carbonyl (C=O) groups excluding carboxylic acids is 1. The van der Waals surface area contributed by atoms with E-state index in [0.29, 0.717) is 17.3 Å². The molecule has 0 saturated heterocycles. The number of nitrogens with one attached hydrogen (secondary N) is 1. The first kappa shape index (κ1) is 14.7. The van der Waals surface area contributed by atoms with E-state index in [1.165, 1.54) is 11.3 Å². The molecule has 0 aliphatic carbocycles. The maximum Gasteiger partial charge on any atom is 0.257 e. The minimum absolute atomic E-state index is 0.207. The Hall–Kier alpha value is -2.25. The van der Waals surface area contributed by atoms with Crippen molar-refractivity contribution in [1.82, 2.24) is 10.2 Å². The van der Waals surface area contributed by atoms with Crippen LogP contribution in [0.5, 0.6) is 5.75 Å². The molecule has 1 N–H and O–H groups in total. The summed E-state index contributed by atoms with van der Waals surface area (Å²) in [5, 5.41) is 13.8. The Morgan fingerprint density at radius 1 is 1.23 bits per heavy atom. The van der Waals surface area contributed by atoms with Gasteiger partial charge in [-0.1, -0.05) is 17.4 Å². The second-order valence-electron chi connectivity index (χ2n) is 4.47. The normalized spacial score (nSPS) is 10.4. The molecule has 3 rings (SSSR count). The lowest BCUT2D eigenvalue weighted by Gasteiger charge is -2.06. The molecule has 1 amide bonds. The van der Waals surface area contributed by atoms with E-state index in [0.717, 1.165) is 15.6 Å². The molecule has 0 radical (unpaired) electrons. The zero-order valence-corrected chi connectivity index (χ0v) is 13.4. The zero-order chi connectivity index (χ0) is 15.4. The molecular formula is C15H13N3O2S2. The Balaban J connectivity index is 1.59. The Labute approximate surface area is 135 Å². The summed E-state index contributed by atoms with van der Waals surface area (Å²) in [5.74, 6) is 0.526. The molecule has 0 spiro atoms. The maximum absolute atomic E-state index is 12.1. The Kier molecular flexibility index (Phi) is 4.45. The molecular weight excluding hydrogens is 318 g/mol. The van der Waals surface area contributed by atoms with Gasteiger partial charge in [0.25, 0.3) is 5.91 Å². The number of aryl methyl sites for hydroxylation is 1. The van der Waals surface area contributed by atoms with Gasteiger partial charge in [0.15, 0.2) is 0 Å². The first-order valence-corrected chi connectivity index (χ1v) is 8.27. The fourth-order valence-corrected chi connectivity index (χ4v) is 2.97. The van der Waals surface area contributed by atoms with Crippen molar-refractivity contribution in [3.8, 4) is 5.75 Å². The number of thiophene rings is 1. The summed E-state index contributed by atoms with van der Waals surface area (Å²) < 4.78 is 5.67. The molecule has 0 saturated carbocycles. The topological polar surface area (TPSA) is 64.1 Å². The number of nitrogens with zero attached hydrogens (tertiary/aromatic N) is 2. The fraction of sp³-hybridized carbons (Fsp3) is 0.133. The number of ether oxygens (including phenoxy) is 1. The smallest absolute Gasteiger partial charge is 0.257 e. The minimum atomic E-state index is -0.207. The third-order valence-corrected chi connectivity index (χ3v) is 4.43. The molecule has 1 aromatic carbocycles. The highest BCUT2D eigenvalue weighted by molar-refractivity contribution is 7.15. The molecule has 0 fully saturated rings. The summed E-state index contributed by atoms with van der Waals surface area (Å²) in [4.78, 5) is 13.2. The number of amides is 1. The Morgan fingerprint density at radius 3 is 2.68 bits per heavy atom.